The fraction of sp³-hybridized carbons (Fsp3) is 0.818. The fourth-order valence-corrected chi connectivity index (χ4v) is 4.85. The summed E-state index contributed by atoms with van der Waals surface area (Å²) in [5, 5.41) is 12.1. The number of hydrogen-bond donors (Lipinski definition) is 2. The lowest BCUT2D eigenvalue weighted by Crippen LogP contribution is -2.24. The second-order valence-electron chi connectivity index (χ2n) is 10.9. The molecule has 0 aliphatic rings. The lowest BCUT2D eigenvalue weighted by atomic mass is 10.0. The number of ether oxygens (including phenoxy) is 2. The molecule has 0 radical (unpaired) electrons. The lowest BCUT2D eigenvalue weighted by molar-refractivity contribution is 0.231. The second-order valence-corrected chi connectivity index (χ2v) is 10.9. The molecule has 2 N–H and O–H groups in total. The minimum atomic E-state index is 0.156. The zero-order valence-electron chi connectivity index (χ0n) is 24.8. The van der Waals surface area contributed by atoms with Crippen LogP contribution in [0.5, 0.6) is 11.5 Å². The van der Waals surface area contributed by atoms with E-state index in [4.69, 9.17) is 14.6 Å². The van der Waals surface area contributed by atoms with Crippen LogP contribution in [0.25, 0.3) is 0 Å². The van der Waals surface area contributed by atoms with Crippen LogP contribution in [-0.4, -0.2) is 38.0 Å². The van der Waals surface area contributed by atoms with Crippen molar-refractivity contribution in [1.82, 2.24) is 5.32 Å². The highest BCUT2D eigenvalue weighted by Gasteiger charge is 2.09. The van der Waals surface area contributed by atoms with Gasteiger partial charge >= 0.3 is 0 Å². The van der Waals surface area contributed by atoms with Crippen molar-refractivity contribution >= 4 is 0 Å². The van der Waals surface area contributed by atoms with Crippen LogP contribution in [0.1, 0.15) is 135 Å². The zero-order chi connectivity index (χ0) is 26.8. The van der Waals surface area contributed by atoms with Crippen molar-refractivity contribution in [2.75, 3.05) is 32.9 Å². The first kappa shape index (κ1) is 33.8. The van der Waals surface area contributed by atoms with E-state index in [9.17, 15) is 0 Å². The van der Waals surface area contributed by atoms with Crippen LogP contribution in [0.2, 0.25) is 0 Å². The van der Waals surface area contributed by atoms with Crippen LogP contribution in [0, 0.1) is 5.92 Å². The molecule has 0 fully saturated rings. The summed E-state index contributed by atoms with van der Waals surface area (Å²) in [4.78, 5) is 0. The number of rotatable bonds is 27. The van der Waals surface area contributed by atoms with Gasteiger partial charge in [-0.05, 0) is 42.9 Å². The summed E-state index contributed by atoms with van der Waals surface area (Å²) in [7, 11) is 0. The topological polar surface area (TPSA) is 50.7 Å². The number of unbranched alkanes of at least 4 members (excludes halogenated alkanes) is 13. The number of aliphatic hydroxyl groups excluding tert-OH is 1. The van der Waals surface area contributed by atoms with E-state index < -0.39 is 0 Å². The molecular weight excluding hydrogens is 458 g/mol. The Morgan fingerprint density at radius 1 is 0.676 bits per heavy atom. The zero-order valence-corrected chi connectivity index (χ0v) is 24.8. The molecular formula is C33H61NO3. The molecule has 1 atom stereocenters. The molecule has 0 bridgehead atoms. The summed E-state index contributed by atoms with van der Waals surface area (Å²) < 4.78 is 12.3. The summed E-state index contributed by atoms with van der Waals surface area (Å²) in [6, 6.07) is 6.46. The van der Waals surface area contributed by atoms with Crippen molar-refractivity contribution in [1.29, 1.82) is 0 Å². The Bertz CT molecular complexity index is 622. The Morgan fingerprint density at radius 2 is 1.24 bits per heavy atom. The molecule has 0 aliphatic carbocycles. The first-order valence-electron chi connectivity index (χ1n) is 15.9. The number of aryl methyl sites for hydroxylation is 1. The second kappa shape index (κ2) is 25.0. The van der Waals surface area contributed by atoms with Gasteiger partial charge in [-0.2, -0.15) is 0 Å². The quantitative estimate of drug-likeness (QED) is 0.114. The van der Waals surface area contributed by atoms with E-state index in [0.29, 0.717) is 19.1 Å². The monoisotopic (exact) mass is 519 g/mol. The molecule has 0 saturated heterocycles. The number of benzene rings is 1. The van der Waals surface area contributed by atoms with Crippen molar-refractivity contribution in [2.24, 2.45) is 5.92 Å². The third-order valence-electron chi connectivity index (χ3n) is 7.37. The van der Waals surface area contributed by atoms with Crippen LogP contribution in [0.4, 0.5) is 0 Å². The Morgan fingerprint density at radius 3 is 1.81 bits per heavy atom. The minimum absolute atomic E-state index is 0.156. The molecule has 1 unspecified atom stereocenters. The molecule has 4 heteroatoms. The highest BCUT2D eigenvalue weighted by atomic mass is 16.5. The molecule has 0 spiro atoms. The maximum atomic E-state index is 8.93. The summed E-state index contributed by atoms with van der Waals surface area (Å²) >= 11 is 0. The highest BCUT2D eigenvalue weighted by Crippen LogP contribution is 2.26. The molecule has 0 heterocycles. The third-order valence-corrected chi connectivity index (χ3v) is 7.37. The van der Waals surface area contributed by atoms with Crippen LogP contribution >= 0.6 is 0 Å². The van der Waals surface area contributed by atoms with E-state index >= 15 is 0 Å². The van der Waals surface area contributed by atoms with E-state index in [1.807, 2.05) is 6.07 Å². The SMILES string of the molecule is CCCCCCCCCCCCCCCc1cc(OCCNCCO)cc(OCC(CC)CCCC)c1. The average molecular weight is 520 g/mol. The number of aliphatic hydroxyl groups is 1. The molecule has 37 heavy (non-hydrogen) atoms. The Labute approximate surface area is 230 Å². The summed E-state index contributed by atoms with van der Waals surface area (Å²) in [6.07, 6.45) is 24.0. The molecule has 1 aromatic rings. The van der Waals surface area contributed by atoms with Crippen molar-refractivity contribution in [2.45, 2.75) is 136 Å². The molecule has 0 saturated carbocycles. The van der Waals surface area contributed by atoms with Gasteiger partial charge in [-0.25, -0.2) is 0 Å². The van der Waals surface area contributed by atoms with Crippen LogP contribution in [-0.2, 0) is 6.42 Å². The summed E-state index contributed by atoms with van der Waals surface area (Å²) in [5.74, 6) is 2.46. The third kappa shape index (κ3) is 19.5. The van der Waals surface area contributed by atoms with Crippen LogP contribution < -0.4 is 14.8 Å². The predicted octanol–water partition coefficient (Wildman–Crippen LogP) is 8.88. The van der Waals surface area contributed by atoms with Crippen molar-refractivity contribution in [3.8, 4) is 11.5 Å². The van der Waals surface area contributed by atoms with Gasteiger partial charge in [0.25, 0.3) is 0 Å². The molecule has 0 amide bonds. The number of nitrogens with one attached hydrogen (secondary N) is 1. The minimum Gasteiger partial charge on any atom is -0.493 e. The lowest BCUT2D eigenvalue weighted by Gasteiger charge is -2.17. The van der Waals surface area contributed by atoms with E-state index in [-0.39, 0.29) is 6.61 Å². The predicted molar refractivity (Wildman–Crippen MR) is 160 cm³/mol. The molecule has 216 valence electrons. The van der Waals surface area contributed by atoms with Gasteiger partial charge in [-0.1, -0.05) is 117 Å². The largest absolute Gasteiger partial charge is 0.493 e. The van der Waals surface area contributed by atoms with Crippen molar-refractivity contribution in [3.63, 3.8) is 0 Å². The van der Waals surface area contributed by atoms with Gasteiger partial charge in [0, 0.05) is 19.2 Å². The van der Waals surface area contributed by atoms with E-state index in [0.717, 1.165) is 31.1 Å². The Kier molecular flexibility index (Phi) is 22.9. The van der Waals surface area contributed by atoms with Gasteiger partial charge in [0.05, 0.1) is 13.2 Å². The van der Waals surface area contributed by atoms with Gasteiger partial charge in [-0.15, -0.1) is 0 Å². The van der Waals surface area contributed by atoms with E-state index in [2.05, 4.69) is 38.2 Å². The first-order chi connectivity index (χ1) is 18.2. The normalized spacial score (nSPS) is 12.1. The summed E-state index contributed by atoms with van der Waals surface area (Å²) in [5.41, 5.74) is 1.32. The molecule has 0 aliphatic heterocycles. The van der Waals surface area contributed by atoms with Gasteiger partial charge in [0.1, 0.15) is 18.1 Å². The molecule has 1 aromatic carbocycles. The molecule has 4 nitrogen and oxygen atoms in total. The van der Waals surface area contributed by atoms with Crippen LogP contribution in [0.3, 0.4) is 0 Å². The van der Waals surface area contributed by atoms with Crippen molar-refractivity contribution in [3.05, 3.63) is 23.8 Å². The Hall–Kier alpha value is -1.26. The van der Waals surface area contributed by atoms with Crippen molar-refractivity contribution < 1.29 is 14.6 Å². The van der Waals surface area contributed by atoms with Gasteiger partial charge < -0.3 is 19.9 Å². The maximum absolute atomic E-state index is 8.93. The molecule has 0 aromatic heterocycles. The smallest absolute Gasteiger partial charge is 0.123 e. The standard InChI is InChI=1S/C33H61NO3/c1-4-7-9-10-11-12-13-14-15-16-17-18-19-21-31-26-32(36-25-23-34-22-24-35)28-33(27-31)37-29-30(6-3)20-8-5-2/h26-28,30,34-35H,4-25,29H2,1-3H3. The Balaban J connectivity index is 2.38. The van der Waals surface area contributed by atoms with E-state index in [1.54, 1.807) is 0 Å². The maximum Gasteiger partial charge on any atom is 0.123 e. The number of hydrogen-bond acceptors (Lipinski definition) is 4. The highest BCUT2D eigenvalue weighted by molar-refractivity contribution is 5.38. The van der Waals surface area contributed by atoms with E-state index in [1.165, 1.54) is 115 Å². The van der Waals surface area contributed by atoms with Gasteiger partial charge in [0.15, 0.2) is 0 Å². The van der Waals surface area contributed by atoms with Crippen LogP contribution in [0.15, 0.2) is 18.2 Å². The fourth-order valence-electron chi connectivity index (χ4n) is 4.85. The first-order valence-corrected chi connectivity index (χ1v) is 15.9. The molecule has 1 rings (SSSR count). The van der Waals surface area contributed by atoms with Gasteiger partial charge in [0.2, 0.25) is 0 Å². The van der Waals surface area contributed by atoms with Gasteiger partial charge in [-0.3, -0.25) is 0 Å². The summed E-state index contributed by atoms with van der Waals surface area (Å²) in [6.45, 7) is 9.68. The average Bonchev–Trinajstić information content (AvgIpc) is 2.91.